The van der Waals surface area contributed by atoms with Gasteiger partial charge in [0.15, 0.2) is 0 Å². The van der Waals surface area contributed by atoms with Crippen molar-refractivity contribution in [3.63, 3.8) is 0 Å². The predicted octanol–water partition coefficient (Wildman–Crippen LogP) is 13.0. The number of nitrogens with one attached hydrogen (secondary N) is 1. The quantitative estimate of drug-likeness (QED) is 0.0292. The van der Waals surface area contributed by atoms with E-state index in [0.29, 0.717) is 82.5 Å². The lowest BCUT2D eigenvalue weighted by atomic mass is 9.47. The normalized spacial score (nSPS) is 27.2. The number of allylic oxidation sites excluding steroid dienone is 1. The van der Waals surface area contributed by atoms with Gasteiger partial charge in [-0.1, -0.05) is 109 Å². The summed E-state index contributed by atoms with van der Waals surface area (Å²) in [7, 11) is 0. The number of hydrogen-bond donors (Lipinski definition) is 1. The summed E-state index contributed by atoms with van der Waals surface area (Å²) >= 11 is 0. The van der Waals surface area contributed by atoms with Crippen LogP contribution in [0.3, 0.4) is 0 Å². The Bertz CT molecular complexity index is 2220. The molecule has 0 aliphatic heterocycles. The van der Waals surface area contributed by atoms with Gasteiger partial charge in [-0.25, -0.2) is 4.79 Å². The van der Waals surface area contributed by atoms with Crippen LogP contribution in [-0.2, 0) is 65.4 Å². The molecule has 1 aromatic rings. The van der Waals surface area contributed by atoms with Crippen LogP contribution in [0.15, 0.2) is 41.1 Å². The van der Waals surface area contributed by atoms with E-state index in [1.165, 1.54) is 63.9 Å². The lowest BCUT2D eigenvalue weighted by molar-refractivity contribution is -0.153. The van der Waals surface area contributed by atoms with Crippen molar-refractivity contribution in [3.8, 4) is 0 Å². The van der Waals surface area contributed by atoms with Crippen molar-refractivity contribution in [1.82, 2.24) is 5.32 Å². The van der Waals surface area contributed by atoms with Crippen LogP contribution in [0, 0.1) is 69.0 Å². The monoisotopic (exact) mass is 1130 g/mol. The van der Waals surface area contributed by atoms with Gasteiger partial charge in [0.25, 0.3) is 0 Å². The van der Waals surface area contributed by atoms with Crippen molar-refractivity contribution < 1.29 is 57.2 Å². The maximum absolute atomic E-state index is 13.9. The molecule has 454 valence electrons. The molecule has 0 bridgehead atoms. The van der Waals surface area contributed by atoms with Gasteiger partial charge in [0.05, 0.1) is 52.1 Å². The van der Waals surface area contributed by atoms with E-state index in [0.717, 1.165) is 60.3 Å². The number of fused-ring (bicyclic) bond motifs is 5. The van der Waals surface area contributed by atoms with Gasteiger partial charge in [0.1, 0.15) is 36.2 Å². The van der Waals surface area contributed by atoms with Crippen molar-refractivity contribution in [1.29, 1.82) is 0 Å². The summed E-state index contributed by atoms with van der Waals surface area (Å²) in [5.74, 6) is 2.83. The summed E-state index contributed by atoms with van der Waals surface area (Å²) in [6, 6.07) is 6.90. The molecule has 0 aromatic heterocycles. The summed E-state index contributed by atoms with van der Waals surface area (Å²) in [4.78, 5) is 88.3. The zero-order valence-electron chi connectivity index (χ0n) is 50.8. The molecule has 0 spiro atoms. The average Bonchev–Trinajstić information content (AvgIpc) is 4.00. The maximum Gasteiger partial charge on any atom is 0.508 e. The molecular formula is C66H102N2O13. The third kappa shape index (κ3) is 19.9. The standard InChI is InChI=1S/C66H102N2O13/c1-44(2)11-9-12-46(5)58-24-25-59-56-23-18-51-41-55(26-30-65(51,7)60(56)27-31-66(58,59)8)80-63(73)29-34-77-36-38-78-37-35-76-33-28-53(70)42-57(45(3)4)62(72)40-50(13-10-32-67-47(6)69)61(71)39-48-14-16-49(17-15-48)43-79-64(74)81-54-21-19-52(68-75)20-22-54/h14-18,44-46,50,52,54-60H,9-13,19-43H2,1-8H3,(H,67,69). The van der Waals surface area contributed by atoms with Crippen LogP contribution in [0.4, 0.5) is 4.79 Å². The molecular weight excluding hydrogens is 1030 g/mol. The number of nitroso groups, excluding NO2 is 1. The SMILES string of the molecule is CC(=O)NCCCC(CC(=O)C(CC(=O)CCOCCOCCOCCC(=O)OC1CCC2(C)C(=CCC3C2CCC2(C)C(C(C)CCCC(C)C)CCC32)C1)C(C)C)C(=O)Cc1ccc(COC(=O)OC2CCC(N=O)CC2)cc1. The molecule has 15 nitrogen and oxygen atoms in total. The Kier molecular flexibility index (Phi) is 26.5. The summed E-state index contributed by atoms with van der Waals surface area (Å²) in [6.45, 7) is 19.8. The van der Waals surface area contributed by atoms with Crippen molar-refractivity contribution in [2.24, 2.45) is 69.3 Å². The molecule has 5 aliphatic rings. The smallest absolute Gasteiger partial charge is 0.462 e. The third-order valence-electron chi connectivity index (χ3n) is 19.8. The molecule has 1 N–H and O–H groups in total. The van der Waals surface area contributed by atoms with Gasteiger partial charge in [0.2, 0.25) is 5.91 Å². The second-order valence-corrected chi connectivity index (χ2v) is 26.2. The topological polar surface area (TPSA) is 199 Å². The zero-order valence-corrected chi connectivity index (χ0v) is 50.8. The first kappa shape index (κ1) is 65.8. The number of nitrogens with zero attached hydrogens (tertiary/aromatic N) is 1. The zero-order chi connectivity index (χ0) is 58.5. The number of carbonyl (C=O) groups excluding carboxylic acids is 6. The fraction of sp³-hybridized carbons (Fsp3) is 0.788. The predicted molar refractivity (Wildman–Crippen MR) is 312 cm³/mol. The number of amides is 1. The molecule has 4 fully saturated rings. The van der Waals surface area contributed by atoms with Gasteiger partial charge in [0, 0.05) is 57.4 Å². The van der Waals surface area contributed by atoms with Gasteiger partial charge in [-0.15, -0.1) is 0 Å². The molecule has 5 aliphatic carbocycles. The molecule has 4 saturated carbocycles. The number of rotatable bonds is 35. The highest BCUT2D eigenvalue weighted by Crippen LogP contribution is 2.67. The first-order valence-electron chi connectivity index (χ1n) is 31.5. The first-order chi connectivity index (χ1) is 38.8. The van der Waals surface area contributed by atoms with Gasteiger partial charge in [-0.2, -0.15) is 4.91 Å². The molecule has 15 heteroatoms. The molecule has 0 heterocycles. The first-order valence-corrected chi connectivity index (χ1v) is 31.5. The molecule has 0 radical (unpaired) electrons. The van der Waals surface area contributed by atoms with Gasteiger partial charge in [-0.05, 0) is 147 Å². The van der Waals surface area contributed by atoms with E-state index >= 15 is 0 Å². The van der Waals surface area contributed by atoms with E-state index < -0.39 is 18.0 Å². The molecule has 10 atom stereocenters. The summed E-state index contributed by atoms with van der Waals surface area (Å²) in [5.41, 5.74) is 3.68. The van der Waals surface area contributed by atoms with Crippen molar-refractivity contribution >= 4 is 35.4 Å². The van der Waals surface area contributed by atoms with Crippen molar-refractivity contribution in [2.75, 3.05) is 46.2 Å². The maximum atomic E-state index is 13.9. The Balaban J connectivity index is 0.819. The summed E-state index contributed by atoms with van der Waals surface area (Å²) < 4.78 is 33.8. The Morgan fingerprint density at radius 3 is 2.04 bits per heavy atom. The molecule has 1 amide bonds. The number of ketones is 3. The number of carbonyl (C=O) groups is 6. The van der Waals surface area contributed by atoms with Crippen LogP contribution in [0.5, 0.6) is 0 Å². The number of ether oxygens (including phenoxy) is 6. The van der Waals surface area contributed by atoms with Crippen LogP contribution in [-0.4, -0.2) is 99.8 Å². The second-order valence-electron chi connectivity index (χ2n) is 26.2. The lowest BCUT2D eigenvalue weighted by Crippen LogP contribution is -2.51. The lowest BCUT2D eigenvalue weighted by Gasteiger charge is -2.58. The molecule has 10 unspecified atom stereocenters. The van der Waals surface area contributed by atoms with Crippen LogP contribution >= 0.6 is 0 Å². The molecule has 81 heavy (non-hydrogen) atoms. The fourth-order valence-corrected chi connectivity index (χ4v) is 15.0. The highest BCUT2D eigenvalue weighted by Gasteiger charge is 2.59. The minimum atomic E-state index is -0.776. The Morgan fingerprint density at radius 1 is 0.691 bits per heavy atom. The van der Waals surface area contributed by atoms with Crippen LogP contribution in [0.25, 0.3) is 0 Å². The van der Waals surface area contributed by atoms with Crippen LogP contribution < -0.4 is 5.32 Å². The van der Waals surface area contributed by atoms with E-state index in [9.17, 15) is 33.7 Å². The van der Waals surface area contributed by atoms with E-state index in [1.807, 2.05) is 13.8 Å². The van der Waals surface area contributed by atoms with E-state index in [-0.39, 0.29) is 111 Å². The Hall–Kier alpha value is -4.34. The number of Topliss-reactive ketones (excluding diaryl/α,β-unsaturated/α-hetero) is 3. The van der Waals surface area contributed by atoms with E-state index in [2.05, 4.69) is 51.2 Å². The highest BCUT2D eigenvalue weighted by molar-refractivity contribution is 5.92. The summed E-state index contributed by atoms with van der Waals surface area (Å²) in [6.07, 6.45) is 18.8. The minimum Gasteiger partial charge on any atom is -0.462 e. The van der Waals surface area contributed by atoms with Crippen LogP contribution in [0.2, 0.25) is 0 Å². The highest BCUT2D eigenvalue weighted by atomic mass is 16.7. The second kappa shape index (κ2) is 32.6. The van der Waals surface area contributed by atoms with Crippen LogP contribution in [0.1, 0.15) is 201 Å². The number of benzene rings is 1. The Morgan fingerprint density at radius 2 is 1.37 bits per heavy atom. The summed E-state index contributed by atoms with van der Waals surface area (Å²) in [5, 5.41) is 5.84. The fourth-order valence-electron chi connectivity index (χ4n) is 15.0. The Labute approximate surface area is 485 Å². The average molecular weight is 1130 g/mol. The van der Waals surface area contributed by atoms with Crippen molar-refractivity contribution in [2.45, 2.75) is 222 Å². The van der Waals surface area contributed by atoms with E-state index in [1.54, 1.807) is 24.3 Å². The largest absolute Gasteiger partial charge is 0.508 e. The molecule has 6 rings (SSSR count). The van der Waals surface area contributed by atoms with Gasteiger partial charge >= 0.3 is 12.1 Å². The van der Waals surface area contributed by atoms with E-state index in [4.69, 9.17) is 28.4 Å². The molecule has 1 aromatic carbocycles. The van der Waals surface area contributed by atoms with Gasteiger partial charge in [-0.3, -0.25) is 24.0 Å². The minimum absolute atomic E-state index is 0.00370. The number of hydrogen-bond acceptors (Lipinski definition) is 14. The van der Waals surface area contributed by atoms with Gasteiger partial charge < -0.3 is 33.7 Å². The third-order valence-corrected chi connectivity index (χ3v) is 19.8. The molecule has 0 saturated heterocycles. The van der Waals surface area contributed by atoms with Crippen molar-refractivity contribution in [3.05, 3.63) is 51.9 Å². The number of esters is 1.